The lowest BCUT2D eigenvalue weighted by atomic mass is 10.2. The van der Waals surface area contributed by atoms with Gasteiger partial charge in [0.25, 0.3) is 0 Å². The minimum Gasteiger partial charge on any atom is -0.399 e. The minimum atomic E-state index is -3.43. The molecule has 0 aliphatic carbocycles. The predicted octanol–water partition coefficient (Wildman–Crippen LogP) is 2.82. The highest BCUT2D eigenvalue weighted by Gasteiger charge is 2.12. The van der Waals surface area contributed by atoms with Gasteiger partial charge < -0.3 is 5.73 Å². The van der Waals surface area contributed by atoms with Gasteiger partial charge in [0, 0.05) is 14.9 Å². The number of anilines is 2. The van der Waals surface area contributed by atoms with Crippen molar-refractivity contribution in [3.8, 4) is 0 Å². The van der Waals surface area contributed by atoms with Crippen LogP contribution in [0.1, 0.15) is 5.56 Å². The summed E-state index contributed by atoms with van der Waals surface area (Å²) in [5.74, 6) is -0.0937. The molecule has 2 rings (SSSR count). The second kappa shape index (κ2) is 5.79. The van der Waals surface area contributed by atoms with Gasteiger partial charge in [-0.15, -0.1) is 0 Å². The van der Waals surface area contributed by atoms with E-state index in [2.05, 4.69) is 27.3 Å². The third-order valence-electron chi connectivity index (χ3n) is 2.41. The van der Waals surface area contributed by atoms with Crippen LogP contribution < -0.4 is 10.5 Å². The van der Waals surface area contributed by atoms with Crippen molar-refractivity contribution in [2.24, 2.45) is 0 Å². The highest BCUT2D eigenvalue weighted by atomic mass is 127. The van der Waals surface area contributed by atoms with Gasteiger partial charge in [0.1, 0.15) is 0 Å². The summed E-state index contributed by atoms with van der Waals surface area (Å²) in [5.41, 5.74) is 7.42. The number of hydrogen-bond donors (Lipinski definition) is 2. The van der Waals surface area contributed by atoms with E-state index in [0.29, 0.717) is 16.9 Å². The molecule has 0 aliphatic rings. The fourth-order valence-electron chi connectivity index (χ4n) is 1.67. The maximum absolute atomic E-state index is 12.0. The van der Waals surface area contributed by atoms with Crippen LogP contribution in [0, 0.1) is 3.57 Å². The Bertz CT molecular complexity index is 633. The summed E-state index contributed by atoms with van der Waals surface area (Å²) in [6, 6.07) is 14.1. The van der Waals surface area contributed by atoms with Gasteiger partial charge in [-0.1, -0.05) is 18.2 Å². The zero-order valence-electron chi connectivity index (χ0n) is 10.0. The third kappa shape index (κ3) is 4.39. The quantitative estimate of drug-likeness (QED) is 0.625. The molecule has 0 saturated heterocycles. The van der Waals surface area contributed by atoms with Crippen molar-refractivity contribution >= 4 is 44.0 Å². The summed E-state index contributed by atoms with van der Waals surface area (Å²) in [6.45, 7) is 0. The number of sulfonamides is 1. The van der Waals surface area contributed by atoms with Crippen LogP contribution in [-0.4, -0.2) is 8.42 Å². The van der Waals surface area contributed by atoms with Crippen LogP contribution in [0.4, 0.5) is 11.4 Å². The van der Waals surface area contributed by atoms with Crippen LogP contribution in [0.5, 0.6) is 0 Å². The molecule has 0 fully saturated rings. The van der Waals surface area contributed by atoms with Crippen LogP contribution in [0.3, 0.4) is 0 Å². The highest BCUT2D eigenvalue weighted by Crippen LogP contribution is 2.16. The zero-order chi connectivity index (χ0) is 13.9. The van der Waals surface area contributed by atoms with E-state index in [0.717, 1.165) is 3.57 Å². The van der Waals surface area contributed by atoms with Gasteiger partial charge in [-0.25, -0.2) is 8.42 Å². The van der Waals surface area contributed by atoms with Crippen molar-refractivity contribution in [2.45, 2.75) is 5.75 Å². The van der Waals surface area contributed by atoms with Gasteiger partial charge in [0.15, 0.2) is 0 Å². The Balaban J connectivity index is 2.15. The van der Waals surface area contributed by atoms with Crippen molar-refractivity contribution in [2.75, 3.05) is 10.5 Å². The molecule has 0 saturated carbocycles. The highest BCUT2D eigenvalue weighted by molar-refractivity contribution is 14.1. The van der Waals surface area contributed by atoms with Crippen molar-refractivity contribution in [3.05, 3.63) is 57.7 Å². The van der Waals surface area contributed by atoms with Gasteiger partial charge in [0.2, 0.25) is 10.0 Å². The van der Waals surface area contributed by atoms with E-state index in [1.165, 1.54) is 0 Å². The van der Waals surface area contributed by atoms with Crippen molar-refractivity contribution in [1.82, 2.24) is 0 Å². The Kier molecular flexibility index (Phi) is 4.31. The summed E-state index contributed by atoms with van der Waals surface area (Å²) in [4.78, 5) is 0. The first kappa shape index (κ1) is 14.1. The van der Waals surface area contributed by atoms with Crippen molar-refractivity contribution < 1.29 is 8.42 Å². The molecule has 2 aromatic rings. The predicted molar refractivity (Wildman–Crippen MR) is 86.3 cm³/mol. The number of nitrogen functional groups attached to an aromatic ring is 1. The third-order valence-corrected chi connectivity index (χ3v) is 4.34. The first-order chi connectivity index (χ1) is 8.94. The topological polar surface area (TPSA) is 72.2 Å². The lowest BCUT2D eigenvalue weighted by Crippen LogP contribution is -2.15. The standard InChI is InChI=1S/C13H13IN2O2S/c14-11-4-2-6-13(8-11)16-19(17,18)9-10-3-1-5-12(15)7-10/h1-8,16H,9,15H2. The minimum absolute atomic E-state index is 0.0937. The van der Waals surface area contributed by atoms with Crippen LogP contribution in [-0.2, 0) is 15.8 Å². The average Bonchev–Trinajstić information content (AvgIpc) is 2.27. The average molecular weight is 388 g/mol. The number of nitrogens with two attached hydrogens (primary N) is 1. The molecule has 0 atom stereocenters. The van der Waals surface area contributed by atoms with Crippen molar-refractivity contribution in [3.63, 3.8) is 0 Å². The van der Waals surface area contributed by atoms with Crippen molar-refractivity contribution in [1.29, 1.82) is 0 Å². The molecule has 0 aliphatic heterocycles. The Hall–Kier alpha value is -1.28. The molecule has 6 heteroatoms. The molecule has 0 radical (unpaired) electrons. The van der Waals surface area contributed by atoms with E-state index in [-0.39, 0.29) is 5.75 Å². The molecule has 0 spiro atoms. The lowest BCUT2D eigenvalue weighted by molar-refractivity contribution is 0.600. The molecule has 0 amide bonds. The molecular weight excluding hydrogens is 375 g/mol. The maximum Gasteiger partial charge on any atom is 0.236 e. The van der Waals surface area contributed by atoms with Gasteiger partial charge in [-0.2, -0.15) is 0 Å². The molecule has 100 valence electrons. The van der Waals surface area contributed by atoms with E-state index in [9.17, 15) is 8.42 Å². The summed E-state index contributed by atoms with van der Waals surface area (Å²) < 4.78 is 27.6. The zero-order valence-corrected chi connectivity index (χ0v) is 13.0. The fraction of sp³-hybridized carbons (Fsp3) is 0.0769. The first-order valence-corrected chi connectivity index (χ1v) is 8.28. The fourth-order valence-corrected chi connectivity index (χ4v) is 3.39. The van der Waals surface area contributed by atoms with E-state index in [1.54, 1.807) is 42.5 Å². The van der Waals surface area contributed by atoms with E-state index >= 15 is 0 Å². The van der Waals surface area contributed by atoms with Crippen LogP contribution in [0.25, 0.3) is 0 Å². The molecule has 2 aromatic carbocycles. The molecule has 0 aromatic heterocycles. The Morgan fingerprint density at radius 1 is 1.11 bits per heavy atom. The molecule has 0 unspecified atom stereocenters. The van der Waals surface area contributed by atoms with E-state index in [1.807, 2.05) is 6.07 Å². The SMILES string of the molecule is Nc1cccc(CS(=O)(=O)Nc2cccc(I)c2)c1. The Morgan fingerprint density at radius 3 is 2.53 bits per heavy atom. The number of benzene rings is 2. The van der Waals surface area contributed by atoms with Crippen LogP contribution in [0.2, 0.25) is 0 Å². The number of nitrogens with one attached hydrogen (secondary N) is 1. The van der Waals surface area contributed by atoms with Gasteiger partial charge in [0.05, 0.1) is 5.75 Å². The summed E-state index contributed by atoms with van der Waals surface area (Å²) in [6.07, 6.45) is 0. The van der Waals surface area contributed by atoms with Crippen LogP contribution in [0.15, 0.2) is 48.5 Å². The molecule has 0 bridgehead atoms. The number of halogens is 1. The monoisotopic (exact) mass is 388 g/mol. The number of rotatable bonds is 4. The Morgan fingerprint density at radius 2 is 1.84 bits per heavy atom. The molecule has 0 heterocycles. The number of hydrogen-bond acceptors (Lipinski definition) is 3. The largest absolute Gasteiger partial charge is 0.399 e. The smallest absolute Gasteiger partial charge is 0.236 e. The van der Waals surface area contributed by atoms with Crippen LogP contribution >= 0.6 is 22.6 Å². The van der Waals surface area contributed by atoms with Gasteiger partial charge in [-0.3, -0.25) is 4.72 Å². The molecule has 3 N–H and O–H groups in total. The molecular formula is C13H13IN2O2S. The molecule has 4 nitrogen and oxygen atoms in total. The van der Waals surface area contributed by atoms with Gasteiger partial charge >= 0.3 is 0 Å². The first-order valence-electron chi connectivity index (χ1n) is 5.55. The maximum atomic E-state index is 12.0. The van der Waals surface area contributed by atoms with Gasteiger partial charge in [-0.05, 0) is 58.5 Å². The summed E-state index contributed by atoms with van der Waals surface area (Å²) >= 11 is 2.13. The second-order valence-electron chi connectivity index (χ2n) is 4.12. The van der Waals surface area contributed by atoms with E-state index in [4.69, 9.17) is 5.73 Å². The molecule has 19 heavy (non-hydrogen) atoms. The Labute approximate surface area is 126 Å². The van der Waals surface area contributed by atoms with E-state index < -0.39 is 10.0 Å². The second-order valence-corrected chi connectivity index (χ2v) is 7.08. The normalized spacial score (nSPS) is 11.2. The lowest BCUT2D eigenvalue weighted by Gasteiger charge is -2.08. The summed E-state index contributed by atoms with van der Waals surface area (Å²) in [7, 11) is -3.43. The summed E-state index contributed by atoms with van der Waals surface area (Å²) in [5, 5.41) is 0.